The van der Waals surface area contributed by atoms with Gasteiger partial charge in [0.15, 0.2) is 0 Å². The van der Waals surface area contributed by atoms with Gasteiger partial charge in [-0.25, -0.2) is 0 Å². The fraction of sp³-hybridized carbons (Fsp3) is 0.106. The highest BCUT2D eigenvalue weighted by atomic mass is 35.5. The molecule has 5 aromatic carbocycles. The summed E-state index contributed by atoms with van der Waals surface area (Å²) in [5.74, 6) is 0. The third kappa shape index (κ3) is 6.55. The summed E-state index contributed by atoms with van der Waals surface area (Å²) >= 11 is 6.88. The Kier molecular flexibility index (Phi) is 11.5. The van der Waals surface area contributed by atoms with Crippen LogP contribution in [0.5, 0.6) is 0 Å². The maximum Gasteiger partial charge on any atom is 0.0824 e. The predicted molar refractivity (Wildman–Crippen MR) is 213 cm³/mol. The summed E-state index contributed by atoms with van der Waals surface area (Å²) < 4.78 is 5.33. The molecule has 0 aromatic heterocycles. The molecule has 1 nitrogen and oxygen atoms in total. The van der Waals surface area contributed by atoms with E-state index in [2.05, 4.69) is 141 Å². The van der Waals surface area contributed by atoms with E-state index in [-0.39, 0.29) is 0 Å². The standard InChI is InChI=1S/C45H37ClO.C2H6/c1-5-15-37(16-6-2)45(36(7-3)21-14-30-47-4)42-31-38(46)26-27-41(42)43-39(28-29-40(44(43)45)34-19-12-9-13-20-34)35-24-22-33(23-25-35)32-17-10-8-11-18-32;1-2/h5-31H,1,3H2,2,4H3;1-2H3/b16-6-,30-14-,36-21+,37-15+;. The lowest BCUT2D eigenvalue weighted by molar-refractivity contribution is 0.338. The van der Waals surface area contributed by atoms with Crippen LogP contribution in [0.2, 0.25) is 5.02 Å². The van der Waals surface area contributed by atoms with Crippen LogP contribution in [0, 0.1) is 0 Å². The quantitative estimate of drug-likeness (QED) is 0.107. The summed E-state index contributed by atoms with van der Waals surface area (Å²) in [5.41, 5.74) is 12.8. The third-order valence-electron chi connectivity index (χ3n) is 8.84. The minimum absolute atomic E-state index is 0.672. The monoisotopic (exact) mass is 658 g/mol. The van der Waals surface area contributed by atoms with E-state index in [1.54, 1.807) is 13.4 Å². The molecular formula is C47H43ClO. The second kappa shape index (κ2) is 16.2. The minimum atomic E-state index is -0.777. The second-order valence-electron chi connectivity index (χ2n) is 11.4. The van der Waals surface area contributed by atoms with Crippen LogP contribution in [0.4, 0.5) is 0 Å². The molecule has 0 radical (unpaired) electrons. The van der Waals surface area contributed by atoms with Gasteiger partial charge in [0.05, 0.1) is 18.8 Å². The molecule has 1 atom stereocenters. The molecule has 0 heterocycles. The van der Waals surface area contributed by atoms with Gasteiger partial charge in [0.2, 0.25) is 0 Å². The average molecular weight is 659 g/mol. The van der Waals surface area contributed by atoms with Crippen molar-refractivity contribution in [3.05, 3.63) is 205 Å². The Bertz CT molecular complexity index is 2040. The lowest BCUT2D eigenvalue weighted by Gasteiger charge is -2.37. The summed E-state index contributed by atoms with van der Waals surface area (Å²) in [6.45, 7) is 14.6. The lowest BCUT2D eigenvalue weighted by atomic mass is 9.64. The molecule has 0 bridgehead atoms. The van der Waals surface area contributed by atoms with Crippen LogP contribution in [-0.2, 0) is 10.2 Å². The van der Waals surface area contributed by atoms with Gasteiger partial charge in [-0.15, -0.1) is 0 Å². The van der Waals surface area contributed by atoms with Crippen molar-refractivity contribution in [2.24, 2.45) is 0 Å². The van der Waals surface area contributed by atoms with Crippen molar-refractivity contribution in [3.63, 3.8) is 0 Å². The molecule has 0 fully saturated rings. The van der Waals surface area contributed by atoms with Crippen LogP contribution in [0.1, 0.15) is 31.9 Å². The number of hydrogen-bond donors (Lipinski definition) is 0. The molecule has 1 aliphatic rings. The van der Waals surface area contributed by atoms with Gasteiger partial charge in [-0.3, -0.25) is 0 Å². The van der Waals surface area contributed by atoms with E-state index in [0.717, 1.165) is 44.5 Å². The van der Waals surface area contributed by atoms with E-state index in [4.69, 9.17) is 16.3 Å². The van der Waals surface area contributed by atoms with Crippen molar-refractivity contribution in [1.29, 1.82) is 0 Å². The summed E-state index contributed by atoms with van der Waals surface area (Å²) in [6, 6.07) is 40.8. The number of hydrogen-bond acceptors (Lipinski definition) is 1. The van der Waals surface area contributed by atoms with Crippen LogP contribution in [0.3, 0.4) is 0 Å². The largest absolute Gasteiger partial charge is 0.504 e. The van der Waals surface area contributed by atoms with Gasteiger partial charge >= 0.3 is 0 Å². The molecule has 0 amide bonds. The van der Waals surface area contributed by atoms with E-state index in [1.165, 1.54) is 22.3 Å². The Morgan fingerprint density at radius 2 is 1.24 bits per heavy atom. The van der Waals surface area contributed by atoms with Crippen molar-refractivity contribution in [2.45, 2.75) is 26.2 Å². The topological polar surface area (TPSA) is 9.23 Å². The molecule has 0 spiro atoms. The van der Waals surface area contributed by atoms with Gasteiger partial charge in [-0.1, -0.05) is 178 Å². The first-order valence-corrected chi connectivity index (χ1v) is 17.1. The number of halogens is 1. The summed E-state index contributed by atoms with van der Waals surface area (Å²) in [4.78, 5) is 0. The zero-order valence-corrected chi connectivity index (χ0v) is 29.5. The normalized spacial score (nSPS) is 15.4. The molecule has 6 rings (SSSR count). The molecule has 2 heteroatoms. The van der Waals surface area contributed by atoms with Crippen LogP contribution in [0.15, 0.2) is 188 Å². The Balaban J connectivity index is 0.00000230. The van der Waals surface area contributed by atoms with Gasteiger partial charge in [-0.2, -0.15) is 0 Å². The third-order valence-corrected chi connectivity index (χ3v) is 9.08. The van der Waals surface area contributed by atoms with Gasteiger partial charge < -0.3 is 4.74 Å². The van der Waals surface area contributed by atoms with E-state index in [1.807, 2.05) is 51.1 Å². The van der Waals surface area contributed by atoms with Gasteiger partial charge in [0.25, 0.3) is 0 Å². The zero-order valence-electron chi connectivity index (χ0n) is 28.8. The number of rotatable bonds is 10. The molecule has 5 aromatic rings. The van der Waals surface area contributed by atoms with E-state index in [9.17, 15) is 0 Å². The number of benzene rings is 5. The smallest absolute Gasteiger partial charge is 0.0824 e. The van der Waals surface area contributed by atoms with Crippen LogP contribution < -0.4 is 0 Å². The fourth-order valence-corrected chi connectivity index (χ4v) is 7.14. The van der Waals surface area contributed by atoms with E-state index in [0.29, 0.717) is 5.02 Å². The molecule has 0 aliphatic heterocycles. The number of fused-ring (bicyclic) bond motifs is 3. The second-order valence-corrected chi connectivity index (χ2v) is 11.8. The first-order chi connectivity index (χ1) is 24.1. The molecule has 0 saturated heterocycles. The highest BCUT2D eigenvalue weighted by Gasteiger charge is 2.49. The summed E-state index contributed by atoms with van der Waals surface area (Å²) in [6.07, 6.45) is 15.9. The Morgan fingerprint density at radius 3 is 1.86 bits per heavy atom. The van der Waals surface area contributed by atoms with Crippen molar-refractivity contribution in [2.75, 3.05) is 7.11 Å². The number of allylic oxidation sites excluding steroid dienone is 9. The maximum absolute atomic E-state index is 6.88. The SMILES string of the molecule is C=C/C=C(\C=C/C)C1(/C(C=C)=C/C=C\OC)c2cc(Cl)ccc2-c2c(-c3ccc(-c4ccccc4)cc3)ccc(-c3ccccc3)c21.CC. The Morgan fingerprint density at radius 1 is 0.673 bits per heavy atom. The summed E-state index contributed by atoms with van der Waals surface area (Å²) in [5, 5.41) is 0.672. The molecule has 0 N–H and O–H groups in total. The Hall–Kier alpha value is -5.37. The molecule has 1 unspecified atom stereocenters. The van der Waals surface area contributed by atoms with Gasteiger partial charge in [0.1, 0.15) is 0 Å². The minimum Gasteiger partial charge on any atom is -0.504 e. The highest BCUT2D eigenvalue weighted by Crippen LogP contribution is 2.62. The van der Waals surface area contributed by atoms with Crippen LogP contribution >= 0.6 is 11.6 Å². The van der Waals surface area contributed by atoms with Crippen molar-refractivity contribution < 1.29 is 4.74 Å². The highest BCUT2D eigenvalue weighted by molar-refractivity contribution is 6.31. The maximum atomic E-state index is 6.88. The summed E-state index contributed by atoms with van der Waals surface area (Å²) in [7, 11) is 1.65. The van der Waals surface area contributed by atoms with E-state index >= 15 is 0 Å². The molecule has 49 heavy (non-hydrogen) atoms. The van der Waals surface area contributed by atoms with Crippen molar-refractivity contribution in [3.8, 4) is 44.5 Å². The predicted octanol–water partition coefficient (Wildman–Crippen LogP) is 13.6. The molecular weight excluding hydrogens is 616 g/mol. The average Bonchev–Trinajstić information content (AvgIpc) is 3.45. The Labute approximate surface area is 297 Å². The first kappa shape index (κ1) is 35.0. The van der Waals surface area contributed by atoms with Crippen LogP contribution in [0.25, 0.3) is 44.5 Å². The van der Waals surface area contributed by atoms with Gasteiger partial charge in [-0.05, 0) is 91.9 Å². The molecule has 244 valence electrons. The van der Waals surface area contributed by atoms with Crippen molar-refractivity contribution >= 4 is 11.6 Å². The number of methoxy groups -OCH3 is 1. The van der Waals surface area contributed by atoms with E-state index < -0.39 is 5.41 Å². The zero-order chi connectivity index (χ0) is 34.8. The van der Waals surface area contributed by atoms with Gasteiger partial charge in [0, 0.05) is 5.02 Å². The first-order valence-electron chi connectivity index (χ1n) is 16.8. The molecule has 0 saturated carbocycles. The molecule has 1 aliphatic carbocycles. The van der Waals surface area contributed by atoms with Crippen molar-refractivity contribution in [1.82, 2.24) is 0 Å². The lowest BCUT2D eigenvalue weighted by Crippen LogP contribution is -2.30. The number of ether oxygens (including phenoxy) is 1. The van der Waals surface area contributed by atoms with Crippen LogP contribution in [-0.4, -0.2) is 7.11 Å². The fourth-order valence-electron chi connectivity index (χ4n) is 6.97.